The molecule has 0 N–H and O–H groups in total. The van der Waals surface area contributed by atoms with E-state index in [-0.39, 0.29) is 17.8 Å². The van der Waals surface area contributed by atoms with Crippen LogP contribution in [0.15, 0.2) is 54.6 Å². The molecule has 0 amide bonds. The molecular weight excluding hydrogens is 370 g/mol. The van der Waals surface area contributed by atoms with Crippen LogP contribution in [0.1, 0.15) is 23.2 Å². The smallest absolute Gasteiger partial charge is 0.212 e. The molecule has 134 valence electrons. The van der Waals surface area contributed by atoms with Crippen LogP contribution in [0.3, 0.4) is 0 Å². The Morgan fingerprint density at radius 2 is 1.44 bits per heavy atom. The first-order chi connectivity index (χ1) is 11.7. The molecule has 1 unspecified atom stereocenters. The van der Waals surface area contributed by atoms with E-state index < -0.39 is 18.1 Å². The van der Waals surface area contributed by atoms with Crippen molar-refractivity contribution in [2.45, 2.75) is 37.8 Å². The first-order valence-corrected chi connectivity index (χ1v) is 14.2. The summed E-state index contributed by atoms with van der Waals surface area (Å²) in [4.78, 5) is 0. The number of benzene rings is 2. The highest BCUT2D eigenvalue weighted by Gasteiger charge is 2.56. The van der Waals surface area contributed by atoms with E-state index in [4.69, 9.17) is 11.6 Å². The van der Waals surface area contributed by atoms with Crippen LogP contribution in [0.4, 0.5) is 0 Å². The maximum Gasteiger partial charge on any atom is 0.215 e. The van der Waals surface area contributed by atoms with Gasteiger partial charge in [0.15, 0.2) is 0 Å². The molecule has 0 radical (unpaired) electrons. The van der Waals surface area contributed by atoms with E-state index in [1.807, 2.05) is 54.6 Å². The molecule has 2 aromatic rings. The summed E-state index contributed by atoms with van der Waals surface area (Å²) in [7, 11) is -4.71. The topological polar surface area (TPSA) is 37.1 Å². The van der Waals surface area contributed by atoms with Gasteiger partial charge < -0.3 is 0 Å². The first kappa shape index (κ1) is 18.6. The molecule has 3 atom stereocenters. The Hall–Kier alpha value is -1.14. The second-order valence-corrected chi connectivity index (χ2v) is 15.9. The van der Waals surface area contributed by atoms with Crippen molar-refractivity contribution in [2.75, 3.05) is 5.75 Å². The van der Waals surface area contributed by atoms with Crippen molar-refractivity contribution in [3.05, 3.63) is 70.7 Å². The Balaban J connectivity index is 1.90. The molecular formula is C19H24ClNO2SSi. The van der Waals surface area contributed by atoms with Crippen LogP contribution in [0, 0.1) is 0 Å². The van der Waals surface area contributed by atoms with E-state index in [0.717, 1.165) is 17.2 Å². The molecule has 3 rings (SSSR count). The monoisotopic (exact) mass is 393 g/mol. The second kappa shape index (κ2) is 6.87. The third-order valence-corrected chi connectivity index (χ3v) is 8.72. The van der Waals surface area contributed by atoms with E-state index in [1.165, 1.54) is 0 Å². The Morgan fingerprint density at radius 1 is 0.920 bits per heavy atom. The fourth-order valence-corrected chi connectivity index (χ4v) is 8.00. The van der Waals surface area contributed by atoms with Gasteiger partial charge in [-0.05, 0) is 29.3 Å². The van der Waals surface area contributed by atoms with Crippen molar-refractivity contribution < 1.29 is 8.42 Å². The molecule has 1 saturated heterocycles. The van der Waals surface area contributed by atoms with Crippen LogP contribution in [0.25, 0.3) is 0 Å². The minimum absolute atomic E-state index is 0.117. The van der Waals surface area contributed by atoms with Crippen molar-refractivity contribution in [3.63, 3.8) is 0 Å². The van der Waals surface area contributed by atoms with Gasteiger partial charge in [0.05, 0.1) is 17.8 Å². The second-order valence-electron chi connectivity index (χ2n) is 7.81. The first-order valence-electron chi connectivity index (χ1n) is 8.51. The zero-order valence-corrected chi connectivity index (χ0v) is 17.4. The molecule has 1 fully saturated rings. The van der Waals surface area contributed by atoms with Crippen LogP contribution in [0.2, 0.25) is 30.7 Å². The predicted octanol–water partition coefficient (Wildman–Crippen LogP) is 5.11. The molecule has 25 heavy (non-hydrogen) atoms. The summed E-state index contributed by atoms with van der Waals surface area (Å²) in [5.74, 6) is 0.232. The number of hydrogen-bond acceptors (Lipinski definition) is 2. The molecule has 0 saturated carbocycles. The number of rotatable bonds is 6. The largest absolute Gasteiger partial charge is 0.215 e. The molecule has 0 spiro atoms. The Kier molecular flexibility index (Phi) is 5.13. The molecule has 3 nitrogen and oxygen atoms in total. The zero-order valence-electron chi connectivity index (χ0n) is 14.8. The van der Waals surface area contributed by atoms with Crippen LogP contribution in [-0.4, -0.2) is 26.5 Å². The van der Waals surface area contributed by atoms with E-state index in [1.54, 1.807) is 4.31 Å². The summed E-state index contributed by atoms with van der Waals surface area (Å²) in [5, 5.41) is 0.661. The molecule has 0 aliphatic carbocycles. The summed E-state index contributed by atoms with van der Waals surface area (Å²) in [6, 6.07) is 17.9. The summed E-state index contributed by atoms with van der Waals surface area (Å²) in [5.41, 5.74) is 2.04. The Labute approximate surface area is 156 Å². The third-order valence-electron chi connectivity index (χ3n) is 4.54. The number of halogens is 1. The number of hydrogen-bond donors (Lipinski definition) is 0. The van der Waals surface area contributed by atoms with Crippen LogP contribution >= 0.6 is 11.6 Å². The van der Waals surface area contributed by atoms with Gasteiger partial charge in [-0.15, -0.1) is 0 Å². The van der Waals surface area contributed by atoms with Crippen LogP contribution in [-0.2, 0) is 10.0 Å². The lowest BCUT2D eigenvalue weighted by Crippen LogP contribution is -2.27. The van der Waals surface area contributed by atoms with E-state index >= 15 is 0 Å². The average molecular weight is 394 g/mol. The van der Waals surface area contributed by atoms with E-state index in [0.29, 0.717) is 5.02 Å². The molecule has 2 aromatic carbocycles. The van der Waals surface area contributed by atoms with Gasteiger partial charge in [0.2, 0.25) is 10.0 Å². The molecule has 1 heterocycles. The summed E-state index contributed by atoms with van der Waals surface area (Å²) in [6.45, 7) is 6.61. The van der Waals surface area contributed by atoms with Crippen molar-refractivity contribution in [1.82, 2.24) is 4.31 Å². The Bertz CT molecular complexity index is 832. The highest BCUT2D eigenvalue weighted by Crippen LogP contribution is 2.56. The summed E-state index contributed by atoms with van der Waals surface area (Å²) in [6.07, 6.45) is 0. The van der Waals surface area contributed by atoms with Gasteiger partial charge in [-0.25, -0.2) is 8.42 Å². The average Bonchev–Trinajstić information content (AvgIpc) is 3.31. The molecule has 0 aromatic heterocycles. The maximum absolute atomic E-state index is 13.0. The van der Waals surface area contributed by atoms with Gasteiger partial charge in [-0.3, -0.25) is 0 Å². The lowest BCUT2D eigenvalue weighted by Gasteiger charge is -2.16. The summed E-state index contributed by atoms with van der Waals surface area (Å²) < 4.78 is 27.7. The zero-order chi connectivity index (χ0) is 18.2. The highest BCUT2D eigenvalue weighted by molar-refractivity contribution is 7.89. The minimum Gasteiger partial charge on any atom is -0.212 e. The van der Waals surface area contributed by atoms with Gasteiger partial charge in [0, 0.05) is 13.1 Å². The number of nitrogens with zero attached hydrogens (tertiary/aromatic N) is 1. The van der Waals surface area contributed by atoms with E-state index in [9.17, 15) is 8.42 Å². The fourth-order valence-electron chi connectivity index (χ4n) is 3.07. The van der Waals surface area contributed by atoms with Crippen molar-refractivity contribution in [3.8, 4) is 0 Å². The summed E-state index contributed by atoms with van der Waals surface area (Å²) >= 11 is 5.99. The maximum atomic E-state index is 13.0. The van der Waals surface area contributed by atoms with Gasteiger partial charge in [0.25, 0.3) is 0 Å². The predicted molar refractivity (Wildman–Crippen MR) is 107 cm³/mol. The van der Waals surface area contributed by atoms with Crippen molar-refractivity contribution in [2.24, 2.45) is 0 Å². The molecule has 1 aliphatic rings. The quantitative estimate of drug-likeness (QED) is 0.505. The minimum atomic E-state index is -3.29. The van der Waals surface area contributed by atoms with Crippen LogP contribution in [0.5, 0.6) is 0 Å². The third kappa shape index (κ3) is 4.34. The van der Waals surface area contributed by atoms with Gasteiger partial charge >= 0.3 is 0 Å². The van der Waals surface area contributed by atoms with Crippen LogP contribution < -0.4 is 0 Å². The Morgan fingerprint density at radius 3 is 1.96 bits per heavy atom. The normalized spacial score (nSPS) is 23.4. The lowest BCUT2D eigenvalue weighted by atomic mass is 10.0. The SMILES string of the molecule is C[Si](C)(C)CCS(=O)(=O)N1[C@H](c2ccccc2)[C@H]1c1ccc(Cl)cc1. The standard InChI is InChI=1S/C19H24ClNO2SSi/c1-25(2,3)14-13-24(22,23)21-18(15-7-5-4-6-8-15)19(21)16-9-11-17(20)12-10-16/h4-12,18-19H,13-14H2,1-3H3/t18-,19-,21?/m1/s1. The lowest BCUT2D eigenvalue weighted by molar-refractivity contribution is 0.548. The highest BCUT2D eigenvalue weighted by atomic mass is 35.5. The van der Waals surface area contributed by atoms with Gasteiger partial charge in [-0.1, -0.05) is 73.7 Å². The fraction of sp³-hybridized carbons (Fsp3) is 0.368. The van der Waals surface area contributed by atoms with Gasteiger partial charge in [0.1, 0.15) is 0 Å². The number of sulfonamides is 1. The van der Waals surface area contributed by atoms with Crippen molar-refractivity contribution >= 4 is 29.7 Å². The molecule has 0 bridgehead atoms. The molecule has 1 aliphatic heterocycles. The van der Waals surface area contributed by atoms with Gasteiger partial charge in [-0.2, -0.15) is 4.31 Å². The van der Waals surface area contributed by atoms with Crippen molar-refractivity contribution in [1.29, 1.82) is 0 Å². The molecule has 6 heteroatoms. The van der Waals surface area contributed by atoms with E-state index in [2.05, 4.69) is 19.6 Å².